The monoisotopic (exact) mass is 249 g/mol. The summed E-state index contributed by atoms with van der Waals surface area (Å²) in [6.45, 7) is 11.8. The molecule has 1 N–H and O–H groups in total. The lowest BCUT2D eigenvalue weighted by atomic mass is 10.1. The molecule has 1 aromatic carbocycles. The van der Waals surface area contributed by atoms with Gasteiger partial charge in [0.25, 0.3) is 0 Å². The van der Waals surface area contributed by atoms with Crippen molar-refractivity contribution < 1.29 is 4.74 Å². The zero-order chi connectivity index (χ0) is 13.5. The Morgan fingerprint density at radius 2 is 1.72 bits per heavy atom. The zero-order valence-corrected chi connectivity index (χ0v) is 12.4. The van der Waals surface area contributed by atoms with Crippen molar-refractivity contribution >= 4 is 0 Å². The first kappa shape index (κ1) is 15.0. The largest absolute Gasteiger partial charge is 0.491 e. The van der Waals surface area contributed by atoms with Gasteiger partial charge in [-0.2, -0.15) is 0 Å². The second-order valence-corrected chi connectivity index (χ2v) is 5.34. The molecular weight excluding hydrogens is 222 g/mol. The Bertz CT molecular complexity index is 342. The van der Waals surface area contributed by atoms with Crippen LogP contribution in [0.2, 0.25) is 0 Å². The predicted molar refractivity (Wildman–Crippen MR) is 78.4 cm³/mol. The highest BCUT2D eigenvalue weighted by molar-refractivity contribution is 5.33. The van der Waals surface area contributed by atoms with Crippen molar-refractivity contribution in [3.05, 3.63) is 29.3 Å². The Hall–Kier alpha value is -1.02. The molecule has 0 aliphatic carbocycles. The second kappa shape index (κ2) is 7.42. The molecule has 0 aromatic heterocycles. The smallest absolute Gasteiger partial charge is 0.120 e. The van der Waals surface area contributed by atoms with Gasteiger partial charge in [-0.15, -0.1) is 0 Å². The number of nitrogens with one attached hydrogen (secondary N) is 1. The summed E-state index contributed by atoms with van der Waals surface area (Å²) in [6.07, 6.45) is 2.45. The summed E-state index contributed by atoms with van der Waals surface area (Å²) in [5.74, 6) is 0.989. The molecular formula is C16H27NO. The molecule has 102 valence electrons. The maximum Gasteiger partial charge on any atom is 0.120 e. The van der Waals surface area contributed by atoms with Gasteiger partial charge >= 0.3 is 0 Å². The standard InChI is InChI=1S/C16H27NO/c1-6-7-17-14(4)11-15(5)18-16-9-12(2)8-13(3)10-16/h8-10,14-15,17H,6-7,11H2,1-5H3. The number of hydrogen-bond acceptors (Lipinski definition) is 2. The van der Waals surface area contributed by atoms with Crippen LogP contribution in [0.1, 0.15) is 44.7 Å². The van der Waals surface area contributed by atoms with Crippen LogP contribution in [0.5, 0.6) is 5.75 Å². The fourth-order valence-corrected chi connectivity index (χ4v) is 2.25. The lowest BCUT2D eigenvalue weighted by molar-refractivity contribution is 0.196. The van der Waals surface area contributed by atoms with Gasteiger partial charge in [0, 0.05) is 6.04 Å². The van der Waals surface area contributed by atoms with Crippen LogP contribution in [-0.2, 0) is 0 Å². The Morgan fingerprint density at radius 1 is 1.11 bits per heavy atom. The molecule has 2 heteroatoms. The van der Waals surface area contributed by atoms with Crippen molar-refractivity contribution in [1.29, 1.82) is 0 Å². The molecule has 2 unspecified atom stereocenters. The molecule has 2 atom stereocenters. The molecule has 0 aliphatic rings. The first-order valence-electron chi connectivity index (χ1n) is 6.99. The predicted octanol–water partition coefficient (Wildman–Crippen LogP) is 3.85. The SMILES string of the molecule is CCCNC(C)CC(C)Oc1cc(C)cc(C)c1. The van der Waals surface area contributed by atoms with E-state index < -0.39 is 0 Å². The van der Waals surface area contributed by atoms with Gasteiger partial charge in [-0.05, 0) is 70.3 Å². The average Bonchev–Trinajstić information content (AvgIpc) is 2.24. The molecule has 18 heavy (non-hydrogen) atoms. The maximum absolute atomic E-state index is 5.99. The minimum atomic E-state index is 0.241. The third kappa shape index (κ3) is 5.54. The number of ether oxygens (including phenoxy) is 1. The lowest BCUT2D eigenvalue weighted by Crippen LogP contribution is -2.31. The van der Waals surface area contributed by atoms with E-state index in [2.05, 4.69) is 58.1 Å². The molecule has 2 nitrogen and oxygen atoms in total. The first-order valence-corrected chi connectivity index (χ1v) is 6.99. The van der Waals surface area contributed by atoms with E-state index in [0.717, 1.165) is 18.7 Å². The van der Waals surface area contributed by atoms with E-state index in [1.54, 1.807) is 0 Å². The molecule has 0 amide bonds. The van der Waals surface area contributed by atoms with E-state index in [1.165, 1.54) is 17.5 Å². The average molecular weight is 249 g/mol. The molecule has 0 saturated carbocycles. The second-order valence-electron chi connectivity index (χ2n) is 5.34. The highest BCUT2D eigenvalue weighted by Crippen LogP contribution is 2.18. The molecule has 0 aliphatic heterocycles. The van der Waals surface area contributed by atoms with Gasteiger partial charge in [-0.25, -0.2) is 0 Å². The molecule has 1 rings (SSSR count). The molecule has 0 saturated heterocycles. The van der Waals surface area contributed by atoms with E-state index in [1.807, 2.05) is 0 Å². The fourth-order valence-electron chi connectivity index (χ4n) is 2.25. The van der Waals surface area contributed by atoms with Crippen molar-refractivity contribution in [3.8, 4) is 5.75 Å². The van der Waals surface area contributed by atoms with E-state index in [4.69, 9.17) is 4.74 Å². The van der Waals surface area contributed by atoms with Crippen molar-refractivity contribution in [2.24, 2.45) is 0 Å². The van der Waals surface area contributed by atoms with Crippen LogP contribution in [0.15, 0.2) is 18.2 Å². The Kier molecular flexibility index (Phi) is 6.20. The van der Waals surface area contributed by atoms with Crippen molar-refractivity contribution in [3.63, 3.8) is 0 Å². The third-order valence-corrected chi connectivity index (χ3v) is 2.96. The maximum atomic E-state index is 5.99. The highest BCUT2D eigenvalue weighted by atomic mass is 16.5. The number of benzene rings is 1. The van der Waals surface area contributed by atoms with E-state index >= 15 is 0 Å². The summed E-state index contributed by atoms with van der Waals surface area (Å²) in [6, 6.07) is 6.88. The van der Waals surface area contributed by atoms with Crippen LogP contribution < -0.4 is 10.1 Å². The molecule has 0 heterocycles. The Morgan fingerprint density at radius 3 is 2.28 bits per heavy atom. The van der Waals surface area contributed by atoms with Gasteiger partial charge in [0.1, 0.15) is 5.75 Å². The summed E-state index contributed by atoms with van der Waals surface area (Å²) >= 11 is 0. The van der Waals surface area contributed by atoms with Gasteiger partial charge in [0.15, 0.2) is 0 Å². The van der Waals surface area contributed by atoms with Crippen LogP contribution >= 0.6 is 0 Å². The third-order valence-electron chi connectivity index (χ3n) is 2.96. The van der Waals surface area contributed by atoms with Gasteiger partial charge in [-0.1, -0.05) is 13.0 Å². The van der Waals surface area contributed by atoms with E-state index in [0.29, 0.717) is 6.04 Å². The van der Waals surface area contributed by atoms with Gasteiger partial charge in [0.05, 0.1) is 6.10 Å². The topological polar surface area (TPSA) is 21.3 Å². The minimum absolute atomic E-state index is 0.241. The van der Waals surface area contributed by atoms with Crippen molar-refractivity contribution in [2.75, 3.05) is 6.54 Å². The number of rotatable bonds is 7. The van der Waals surface area contributed by atoms with Crippen LogP contribution in [0.3, 0.4) is 0 Å². The molecule has 0 bridgehead atoms. The van der Waals surface area contributed by atoms with Crippen molar-refractivity contribution in [2.45, 2.75) is 59.6 Å². The molecule has 0 fully saturated rings. The molecule has 0 radical (unpaired) electrons. The minimum Gasteiger partial charge on any atom is -0.491 e. The van der Waals surface area contributed by atoms with Crippen LogP contribution in [0.4, 0.5) is 0 Å². The Balaban J connectivity index is 2.46. The molecule has 1 aromatic rings. The highest BCUT2D eigenvalue weighted by Gasteiger charge is 2.09. The lowest BCUT2D eigenvalue weighted by Gasteiger charge is -2.20. The first-order chi connectivity index (χ1) is 8.51. The summed E-state index contributed by atoms with van der Waals surface area (Å²) < 4.78 is 5.99. The summed E-state index contributed by atoms with van der Waals surface area (Å²) in [5.41, 5.74) is 2.52. The number of aryl methyl sites for hydroxylation is 2. The fraction of sp³-hybridized carbons (Fsp3) is 0.625. The van der Waals surface area contributed by atoms with Gasteiger partial charge < -0.3 is 10.1 Å². The van der Waals surface area contributed by atoms with Gasteiger partial charge in [-0.3, -0.25) is 0 Å². The normalized spacial score (nSPS) is 14.3. The summed E-state index contributed by atoms with van der Waals surface area (Å²) in [7, 11) is 0. The molecule has 0 spiro atoms. The van der Waals surface area contributed by atoms with Crippen molar-refractivity contribution in [1.82, 2.24) is 5.32 Å². The van der Waals surface area contributed by atoms with Crippen LogP contribution in [-0.4, -0.2) is 18.7 Å². The quantitative estimate of drug-likeness (QED) is 0.792. The zero-order valence-electron chi connectivity index (χ0n) is 12.4. The van der Waals surface area contributed by atoms with Crippen LogP contribution in [0, 0.1) is 13.8 Å². The van der Waals surface area contributed by atoms with Gasteiger partial charge in [0.2, 0.25) is 0 Å². The number of hydrogen-bond donors (Lipinski definition) is 1. The van der Waals surface area contributed by atoms with E-state index in [-0.39, 0.29) is 6.10 Å². The Labute approximate surface area is 112 Å². The van der Waals surface area contributed by atoms with Crippen LogP contribution in [0.25, 0.3) is 0 Å². The van der Waals surface area contributed by atoms with E-state index in [9.17, 15) is 0 Å². The summed E-state index contributed by atoms with van der Waals surface area (Å²) in [4.78, 5) is 0. The summed E-state index contributed by atoms with van der Waals surface area (Å²) in [5, 5.41) is 3.49.